The zero-order valence-electron chi connectivity index (χ0n) is 7.12. The van der Waals surface area contributed by atoms with Gasteiger partial charge in [-0.3, -0.25) is 4.79 Å². The number of carboxylic acids is 1. The second kappa shape index (κ2) is 3.61. The summed E-state index contributed by atoms with van der Waals surface area (Å²) < 4.78 is 0. The van der Waals surface area contributed by atoms with E-state index in [1.165, 1.54) is 0 Å². The van der Waals surface area contributed by atoms with Gasteiger partial charge < -0.3 is 10.8 Å². The Kier molecular flexibility index (Phi) is 2.74. The molecule has 0 aliphatic heterocycles. The van der Waals surface area contributed by atoms with Gasteiger partial charge in [-0.05, 0) is 31.6 Å². The molecule has 0 radical (unpaired) electrons. The van der Waals surface area contributed by atoms with Crippen LogP contribution in [0.3, 0.4) is 0 Å². The first-order chi connectivity index (χ1) is 5.61. The van der Waals surface area contributed by atoms with Gasteiger partial charge in [-0.25, -0.2) is 0 Å². The van der Waals surface area contributed by atoms with Crippen molar-refractivity contribution in [3.8, 4) is 0 Å². The first kappa shape index (κ1) is 9.10. The third-order valence-electron chi connectivity index (χ3n) is 2.60. The summed E-state index contributed by atoms with van der Waals surface area (Å²) in [6, 6.07) is 0. The van der Waals surface area contributed by atoms with Crippen molar-refractivity contribution < 1.29 is 9.90 Å². The number of nitrogens with two attached hydrogens (primary N) is 1. The minimum absolute atomic E-state index is 0.152. The van der Waals surface area contributed by atoms with Crippen LogP contribution in [0.2, 0.25) is 0 Å². The number of hydrogen-bond acceptors (Lipinski definition) is 2. The van der Waals surface area contributed by atoms with Crippen LogP contribution in [0, 0.1) is 11.8 Å². The van der Waals surface area contributed by atoms with Crippen LogP contribution < -0.4 is 5.73 Å². The largest absolute Gasteiger partial charge is 0.481 e. The minimum atomic E-state index is -0.670. The molecule has 0 amide bonds. The molecule has 0 saturated heterocycles. The zero-order valence-corrected chi connectivity index (χ0v) is 7.12. The van der Waals surface area contributed by atoms with Gasteiger partial charge in [0.05, 0.1) is 5.92 Å². The van der Waals surface area contributed by atoms with Crippen molar-refractivity contribution >= 4 is 5.97 Å². The van der Waals surface area contributed by atoms with Gasteiger partial charge in [-0.1, -0.05) is 6.58 Å². The second-order valence-corrected chi connectivity index (χ2v) is 3.46. The smallest absolute Gasteiger partial charge is 0.306 e. The molecular weight excluding hydrogens is 154 g/mol. The molecule has 0 aromatic carbocycles. The summed E-state index contributed by atoms with van der Waals surface area (Å²) in [6.07, 6.45) is 3.26. The Morgan fingerprint density at radius 3 is 2.00 bits per heavy atom. The lowest BCUT2D eigenvalue weighted by atomic mass is 9.81. The van der Waals surface area contributed by atoms with E-state index in [1.807, 2.05) is 0 Å². The maximum atomic E-state index is 10.6. The first-order valence-corrected chi connectivity index (χ1v) is 4.28. The Morgan fingerprint density at radius 1 is 1.25 bits per heavy atom. The summed E-state index contributed by atoms with van der Waals surface area (Å²) in [7, 11) is 0. The van der Waals surface area contributed by atoms with Gasteiger partial charge in [0, 0.05) is 5.70 Å². The SMILES string of the molecule is C=C(N)C1CCC(C(=O)O)CC1. The molecule has 1 saturated carbocycles. The maximum absolute atomic E-state index is 10.6. The highest BCUT2D eigenvalue weighted by molar-refractivity contribution is 5.70. The van der Waals surface area contributed by atoms with Crippen LogP contribution in [-0.4, -0.2) is 11.1 Å². The molecule has 3 heteroatoms. The number of hydrogen-bond donors (Lipinski definition) is 2. The number of carboxylic acid groups (broad SMARTS) is 1. The summed E-state index contributed by atoms with van der Waals surface area (Å²) in [5, 5.41) is 8.71. The molecule has 0 spiro atoms. The second-order valence-electron chi connectivity index (χ2n) is 3.46. The molecule has 0 atom stereocenters. The lowest BCUT2D eigenvalue weighted by Gasteiger charge is -2.25. The fourth-order valence-electron chi connectivity index (χ4n) is 1.71. The Morgan fingerprint density at radius 2 is 1.67 bits per heavy atom. The predicted octanol–water partition coefficient (Wildman–Crippen LogP) is 1.35. The van der Waals surface area contributed by atoms with Crippen LogP contribution in [0.4, 0.5) is 0 Å². The van der Waals surface area contributed by atoms with Gasteiger partial charge in [0.2, 0.25) is 0 Å². The van der Waals surface area contributed by atoms with E-state index in [2.05, 4.69) is 6.58 Å². The van der Waals surface area contributed by atoms with E-state index in [-0.39, 0.29) is 5.92 Å². The summed E-state index contributed by atoms with van der Waals surface area (Å²) in [5.41, 5.74) is 6.25. The van der Waals surface area contributed by atoms with Crippen LogP contribution in [0.1, 0.15) is 25.7 Å². The van der Waals surface area contributed by atoms with E-state index in [0.717, 1.165) is 25.7 Å². The van der Waals surface area contributed by atoms with Crippen molar-refractivity contribution in [3.05, 3.63) is 12.3 Å². The third-order valence-corrected chi connectivity index (χ3v) is 2.60. The molecule has 3 nitrogen and oxygen atoms in total. The fourth-order valence-corrected chi connectivity index (χ4v) is 1.71. The van der Waals surface area contributed by atoms with E-state index in [1.54, 1.807) is 0 Å². The lowest BCUT2D eigenvalue weighted by molar-refractivity contribution is -0.143. The molecular formula is C9H15NO2. The molecule has 1 rings (SSSR count). The van der Waals surface area contributed by atoms with Crippen LogP contribution >= 0.6 is 0 Å². The Labute approximate surface area is 72.3 Å². The molecule has 12 heavy (non-hydrogen) atoms. The molecule has 1 fully saturated rings. The van der Waals surface area contributed by atoms with E-state index < -0.39 is 5.97 Å². The van der Waals surface area contributed by atoms with Crippen molar-refractivity contribution in [1.82, 2.24) is 0 Å². The zero-order chi connectivity index (χ0) is 9.14. The third kappa shape index (κ3) is 2.00. The minimum Gasteiger partial charge on any atom is -0.481 e. The number of allylic oxidation sites excluding steroid dienone is 1. The predicted molar refractivity (Wildman–Crippen MR) is 46.4 cm³/mol. The van der Waals surface area contributed by atoms with Crippen molar-refractivity contribution in [2.24, 2.45) is 17.6 Å². The van der Waals surface area contributed by atoms with Crippen molar-refractivity contribution in [2.45, 2.75) is 25.7 Å². The van der Waals surface area contributed by atoms with E-state index in [9.17, 15) is 4.79 Å². The van der Waals surface area contributed by atoms with Crippen molar-refractivity contribution in [3.63, 3.8) is 0 Å². The Bertz CT molecular complexity index is 171. The van der Waals surface area contributed by atoms with Gasteiger partial charge >= 0.3 is 5.97 Å². The molecule has 1 aliphatic carbocycles. The summed E-state index contributed by atoms with van der Waals surface area (Å²) >= 11 is 0. The average molecular weight is 169 g/mol. The van der Waals surface area contributed by atoms with Gasteiger partial charge in [0.15, 0.2) is 0 Å². The summed E-state index contributed by atoms with van der Waals surface area (Å²) in [5.74, 6) is -0.475. The molecule has 0 heterocycles. The first-order valence-electron chi connectivity index (χ1n) is 4.28. The van der Waals surface area contributed by atoms with Crippen LogP contribution in [0.25, 0.3) is 0 Å². The summed E-state index contributed by atoms with van der Waals surface area (Å²) in [6.45, 7) is 3.68. The fraction of sp³-hybridized carbons (Fsp3) is 0.667. The number of carbonyl (C=O) groups is 1. The Hall–Kier alpha value is -0.990. The quantitative estimate of drug-likeness (QED) is 0.655. The van der Waals surface area contributed by atoms with Gasteiger partial charge in [0.25, 0.3) is 0 Å². The van der Waals surface area contributed by atoms with E-state index >= 15 is 0 Å². The normalized spacial score (nSPS) is 29.7. The van der Waals surface area contributed by atoms with Crippen LogP contribution in [-0.2, 0) is 4.79 Å². The Balaban J connectivity index is 2.39. The van der Waals surface area contributed by atoms with Gasteiger partial charge in [-0.2, -0.15) is 0 Å². The topological polar surface area (TPSA) is 63.3 Å². The number of rotatable bonds is 2. The van der Waals surface area contributed by atoms with Crippen molar-refractivity contribution in [1.29, 1.82) is 0 Å². The highest BCUT2D eigenvalue weighted by Gasteiger charge is 2.26. The monoisotopic (exact) mass is 169 g/mol. The standard InChI is InChI=1S/C9H15NO2/c1-6(10)7-2-4-8(5-3-7)9(11)12/h7-8H,1-5,10H2,(H,11,12). The van der Waals surface area contributed by atoms with E-state index in [4.69, 9.17) is 10.8 Å². The lowest BCUT2D eigenvalue weighted by Crippen LogP contribution is -2.23. The average Bonchev–Trinajstić information content (AvgIpc) is 2.04. The highest BCUT2D eigenvalue weighted by Crippen LogP contribution is 2.30. The molecule has 3 N–H and O–H groups in total. The number of aliphatic carboxylic acids is 1. The summed E-state index contributed by atoms with van der Waals surface area (Å²) in [4.78, 5) is 10.6. The van der Waals surface area contributed by atoms with E-state index in [0.29, 0.717) is 11.6 Å². The van der Waals surface area contributed by atoms with Gasteiger partial charge in [0.1, 0.15) is 0 Å². The van der Waals surface area contributed by atoms with Crippen LogP contribution in [0.5, 0.6) is 0 Å². The molecule has 0 aromatic rings. The molecule has 0 bridgehead atoms. The van der Waals surface area contributed by atoms with Gasteiger partial charge in [-0.15, -0.1) is 0 Å². The molecule has 0 aromatic heterocycles. The maximum Gasteiger partial charge on any atom is 0.306 e. The van der Waals surface area contributed by atoms with Crippen LogP contribution in [0.15, 0.2) is 12.3 Å². The highest BCUT2D eigenvalue weighted by atomic mass is 16.4. The molecule has 0 unspecified atom stereocenters. The molecule has 1 aliphatic rings. The molecule has 68 valence electrons. The van der Waals surface area contributed by atoms with Crippen molar-refractivity contribution in [2.75, 3.05) is 0 Å².